The molecule has 0 bridgehead atoms. The van der Waals surface area contributed by atoms with Crippen LogP contribution in [0.1, 0.15) is 0 Å². The minimum Gasteiger partial charge on any atom is -0.618 e. The molecule has 0 aliphatic carbocycles. The van der Waals surface area contributed by atoms with Gasteiger partial charge < -0.3 is 5.21 Å². The number of pyridine rings is 1. The second-order valence-electron chi connectivity index (χ2n) is 2.07. The van der Waals surface area contributed by atoms with Crippen LogP contribution in [0, 0.1) is 5.21 Å². The molecule has 1 aromatic rings. The van der Waals surface area contributed by atoms with E-state index in [4.69, 9.17) is 0 Å². The van der Waals surface area contributed by atoms with Crippen LogP contribution in [0.15, 0.2) is 29.4 Å². The van der Waals surface area contributed by atoms with Crippen molar-refractivity contribution in [3.05, 3.63) is 29.6 Å². The first kappa shape index (κ1) is 9.25. The Morgan fingerprint density at radius 3 is 2.83 bits per heavy atom. The van der Waals surface area contributed by atoms with E-state index in [2.05, 4.69) is 0 Å². The Hall–Kier alpha value is -0.840. The van der Waals surface area contributed by atoms with Gasteiger partial charge in [0, 0.05) is 12.1 Å². The second kappa shape index (κ2) is 4.25. The zero-order valence-corrected chi connectivity index (χ0v) is 6.93. The van der Waals surface area contributed by atoms with Gasteiger partial charge in [-0.25, -0.2) is 8.78 Å². The Morgan fingerprint density at radius 2 is 2.25 bits per heavy atom. The molecule has 66 valence electrons. The van der Waals surface area contributed by atoms with Crippen LogP contribution in [0.5, 0.6) is 0 Å². The van der Waals surface area contributed by atoms with Gasteiger partial charge in [0.05, 0.1) is 5.75 Å². The zero-order chi connectivity index (χ0) is 8.97. The summed E-state index contributed by atoms with van der Waals surface area (Å²) in [7, 11) is 0. The molecule has 0 N–H and O–H groups in total. The molecule has 0 unspecified atom stereocenters. The topological polar surface area (TPSA) is 26.9 Å². The van der Waals surface area contributed by atoms with E-state index in [1.54, 1.807) is 12.1 Å². The Balaban J connectivity index is 2.57. The average molecular weight is 191 g/mol. The third kappa shape index (κ3) is 2.65. The number of hydrogen-bond donors (Lipinski definition) is 0. The monoisotopic (exact) mass is 191 g/mol. The average Bonchev–Trinajstić information content (AvgIpc) is 2.03. The first-order chi connectivity index (χ1) is 5.70. The number of thioether (sulfide) groups is 1. The van der Waals surface area contributed by atoms with Crippen LogP contribution < -0.4 is 4.73 Å². The fourth-order valence-electron chi connectivity index (χ4n) is 0.673. The minimum absolute atomic E-state index is 0.304. The first-order valence-electron chi connectivity index (χ1n) is 3.29. The predicted octanol–water partition coefficient (Wildman–Crippen LogP) is 1.68. The summed E-state index contributed by atoms with van der Waals surface area (Å²) in [6.45, 7) is 0. The highest BCUT2D eigenvalue weighted by atomic mass is 32.2. The van der Waals surface area contributed by atoms with Crippen LogP contribution in [0.2, 0.25) is 0 Å². The zero-order valence-electron chi connectivity index (χ0n) is 6.11. The van der Waals surface area contributed by atoms with Gasteiger partial charge in [-0.1, -0.05) is 11.8 Å². The van der Waals surface area contributed by atoms with E-state index in [0.717, 1.165) is 11.8 Å². The Kier molecular flexibility index (Phi) is 3.28. The van der Waals surface area contributed by atoms with Crippen molar-refractivity contribution < 1.29 is 13.5 Å². The summed E-state index contributed by atoms with van der Waals surface area (Å²) in [4.78, 5) is 0. The summed E-state index contributed by atoms with van der Waals surface area (Å²) in [5.74, 6) is -0.341. The predicted molar refractivity (Wildman–Crippen MR) is 42.1 cm³/mol. The molecule has 0 aliphatic heterocycles. The molecule has 0 radical (unpaired) electrons. The standard InChI is InChI=1S/C7H7F2NOS/c8-6(9)5-12-7-3-1-2-4-10(7)11/h1-4,6H,5H2. The fraction of sp³-hybridized carbons (Fsp3) is 0.286. The van der Waals surface area contributed by atoms with Gasteiger partial charge in [-0.15, -0.1) is 0 Å². The number of aromatic nitrogens is 1. The number of rotatable bonds is 3. The van der Waals surface area contributed by atoms with Gasteiger partial charge in [0.1, 0.15) is 0 Å². The normalized spacial score (nSPS) is 10.6. The van der Waals surface area contributed by atoms with Crippen molar-refractivity contribution in [2.45, 2.75) is 11.5 Å². The summed E-state index contributed by atoms with van der Waals surface area (Å²) >= 11 is 0.856. The molecule has 1 aromatic heterocycles. The number of alkyl halides is 2. The molecule has 0 atom stereocenters. The van der Waals surface area contributed by atoms with Crippen LogP contribution >= 0.6 is 11.8 Å². The SMILES string of the molecule is [O-][n+]1ccccc1SCC(F)F. The lowest BCUT2D eigenvalue weighted by atomic mass is 10.5. The van der Waals surface area contributed by atoms with E-state index < -0.39 is 6.43 Å². The lowest BCUT2D eigenvalue weighted by molar-refractivity contribution is -0.645. The van der Waals surface area contributed by atoms with Crippen molar-refractivity contribution in [3.8, 4) is 0 Å². The van der Waals surface area contributed by atoms with Gasteiger partial charge in [-0.3, -0.25) is 0 Å². The second-order valence-corrected chi connectivity index (χ2v) is 3.11. The smallest absolute Gasteiger partial charge is 0.251 e. The Morgan fingerprint density at radius 1 is 1.50 bits per heavy atom. The van der Waals surface area contributed by atoms with E-state index >= 15 is 0 Å². The van der Waals surface area contributed by atoms with Crippen molar-refractivity contribution in [3.63, 3.8) is 0 Å². The number of halogens is 2. The molecular formula is C7H7F2NOS. The van der Waals surface area contributed by atoms with Crippen molar-refractivity contribution in [1.82, 2.24) is 0 Å². The molecule has 0 fully saturated rings. The largest absolute Gasteiger partial charge is 0.618 e. The van der Waals surface area contributed by atoms with Crippen molar-refractivity contribution in [2.75, 3.05) is 5.75 Å². The summed E-state index contributed by atoms with van der Waals surface area (Å²) < 4.78 is 24.0. The first-order valence-corrected chi connectivity index (χ1v) is 4.28. The van der Waals surface area contributed by atoms with Gasteiger partial charge >= 0.3 is 0 Å². The molecule has 0 saturated heterocycles. The fourth-order valence-corrected chi connectivity index (χ4v) is 1.33. The lowest BCUT2D eigenvalue weighted by Gasteiger charge is -2.01. The van der Waals surface area contributed by atoms with Crippen LogP contribution in [-0.4, -0.2) is 12.2 Å². The highest BCUT2D eigenvalue weighted by Crippen LogP contribution is 2.15. The van der Waals surface area contributed by atoms with Crippen molar-refractivity contribution in [2.24, 2.45) is 0 Å². The van der Waals surface area contributed by atoms with E-state index in [-0.39, 0.29) is 5.75 Å². The molecule has 0 aromatic carbocycles. The van der Waals surface area contributed by atoms with Crippen LogP contribution in [0.3, 0.4) is 0 Å². The third-order valence-electron chi connectivity index (χ3n) is 1.15. The summed E-state index contributed by atoms with van der Waals surface area (Å²) in [5, 5.41) is 11.2. The van der Waals surface area contributed by atoms with E-state index in [1.807, 2.05) is 0 Å². The molecule has 12 heavy (non-hydrogen) atoms. The molecule has 1 heterocycles. The van der Waals surface area contributed by atoms with Crippen molar-refractivity contribution in [1.29, 1.82) is 0 Å². The van der Waals surface area contributed by atoms with Crippen LogP contribution in [0.4, 0.5) is 8.78 Å². The van der Waals surface area contributed by atoms with Gasteiger partial charge in [-0.2, -0.15) is 4.73 Å². The van der Waals surface area contributed by atoms with Crippen LogP contribution in [0.25, 0.3) is 0 Å². The van der Waals surface area contributed by atoms with Gasteiger partial charge in [0.2, 0.25) is 6.43 Å². The number of hydrogen-bond acceptors (Lipinski definition) is 2. The quantitative estimate of drug-likeness (QED) is 0.413. The third-order valence-corrected chi connectivity index (χ3v) is 2.18. The molecule has 0 aliphatic rings. The highest BCUT2D eigenvalue weighted by molar-refractivity contribution is 7.99. The molecule has 1 rings (SSSR count). The van der Waals surface area contributed by atoms with Crippen LogP contribution in [-0.2, 0) is 0 Å². The van der Waals surface area contributed by atoms with Gasteiger partial charge in [-0.05, 0) is 6.07 Å². The van der Waals surface area contributed by atoms with E-state index in [1.165, 1.54) is 12.3 Å². The van der Waals surface area contributed by atoms with Crippen molar-refractivity contribution >= 4 is 11.8 Å². The Bertz CT molecular complexity index is 257. The van der Waals surface area contributed by atoms with E-state index in [0.29, 0.717) is 9.76 Å². The summed E-state index contributed by atoms with van der Waals surface area (Å²) in [5.41, 5.74) is 0. The highest BCUT2D eigenvalue weighted by Gasteiger charge is 2.08. The Labute approximate surface area is 72.8 Å². The maximum Gasteiger partial charge on any atom is 0.251 e. The van der Waals surface area contributed by atoms with Gasteiger partial charge in [0.25, 0.3) is 5.03 Å². The molecule has 0 saturated carbocycles. The van der Waals surface area contributed by atoms with E-state index in [9.17, 15) is 14.0 Å². The van der Waals surface area contributed by atoms with Gasteiger partial charge in [0.15, 0.2) is 6.20 Å². The molecule has 0 amide bonds. The maximum absolute atomic E-state index is 11.7. The molecular weight excluding hydrogens is 184 g/mol. The number of nitrogens with zero attached hydrogens (tertiary/aromatic N) is 1. The maximum atomic E-state index is 11.7. The molecule has 2 nitrogen and oxygen atoms in total. The summed E-state index contributed by atoms with van der Waals surface area (Å²) in [6.07, 6.45) is -1.09. The minimum atomic E-state index is -2.38. The molecule has 5 heteroatoms. The summed E-state index contributed by atoms with van der Waals surface area (Å²) in [6, 6.07) is 4.71. The molecule has 0 spiro atoms. The lowest BCUT2D eigenvalue weighted by Crippen LogP contribution is -2.28.